The molecule has 6 nitrogen and oxygen atoms in total. The van der Waals surface area contributed by atoms with Crippen molar-refractivity contribution >= 4 is 17.4 Å². The molecule has 2 aromatic rings. The summed E-state index contributed by atoms with van der Waals surface area (Å²) < 4.78 is 40.1. The van der Waals surface area contributed by atoms with Crippen LogP contribution in [-0.2, 0) is 0 Å². The lowest BCUT2D eigenvalue weighted by atomic mass is 10.1. The van der Waals surface area contributed by atoms with Gasteiger partial charge in [-0.2, -0.15) is 0 Å². The van der Waals surface area contributed by atoms with Gasteiger partial charge in [-0.15, -0.1) is 0 Å². The van der Waals surface area contributed by atoms with Gasteiger partial charge in [0.25, 0.3) is 0 Å². The molecule has 0 fully saturated rings. The van der Waals surface area contributed by atoms with Gasteiger partial charge >= 0.3 is 0 Å². The number of nitrogens with zero attached hydrogens (tertiary/aromatic N) is 3. The number of aromatic nitrogens is 2. The van der Waals surface area contributed by atoms with Crippen molar-refractivity contribution in [1.82, 2.24) is 9.97 Å². The Balaban J connectivity index is 2.48. The molecule has 0 bridgehead atoms. The third-order valence-corrected chi connectivity index (χ3v) is 2.92. The van der Waals surface area contributed by atoms with Crippen LogP contribution in [0.2, 0.25) is 0 Å². The summed E-state index contributed by atoms with van der Waals surface area (Å²) in [6.45, 7) is 3.16. The van der Waals surface area contributed by atoms with Crippen LogP contribution in [0.1, 0.15) is 28.8 Å². The molecule has 9 heteroatoms. The van der Waals surface area contributed by atoms with Crippen LogP contribution in [0.5, 0.6) is 0 Å². The first-order valence-electron chi connectivity index (χ1n) is 7.00. The molecule has 0 saturated heterocycles. The van der Waals surface area contributed by atoms with Gasteiger partial charge in [0.1, 0.15) is 11.7 Å². The summed E-state index contributed by atoms with van der Waals surface area (Å²) in [5, 5.41) is 0. The molecule has 0 aliphatic rings. The van der Waals surface area contributed by atoms with E-state index in [0.717, 1.165) is 0 Å². The molecule has 1 aromatic carbocycles. The molecular formula is C16H14F3N5O. The quantitative estimate of drug-likeness (QED) is 0.381. The van der Waals surface area contributed by atoms with Crippen molar-refractivity contribution in [2.75, 3.05) is 0 Å². The van der Waals surface area contributed by atoms with Crippen LogP contribution in [0.4, 0.5) is 19.0 Å². The molecular weight excluding hydrogens is 335 g/mol. The van der Waals surface area contributed by atoms with Gasteiger partial charge in [0, 0.05) is 23.5 Å². The van der Waals surface area contributed by atoms with Crippen LogP contribution in [0.15, 0.2) is 35.0 Å². The smallest absolute Gasteiger partial charge is 0.233 e. The van der Waals surface area contributed by atoms with Gasteiger partial charge in [0.05, 0.1) is 5.56 Å². The summed E-state index contributed by atoms with van der Waals surface area (Å²) >= 11 is 0. The van der Waals surface area contributed by atoms with E-state index < -0.39 is 34.6 Å². The lowest BCUT2D eigenvalue weighted by molar-refractivity contribution is 0.102. The molecule has 0 spiro atoms. The summed E-state index contributed by atoms with van der Waals surface area (Å²) in [6, 6.07) is 2.17. The van der Waals surface area contributed by atoms with Crippen molar-refractivity contribution in [1.29, 1.82) is 0 Å². The normalized spacial score (nSPS) is 12.4. The van der Waals surface area contributed by atoms with E-state index in [9.17, 15) is 18.0 Å². The number of aryl methyl sites for hydroxylation is 1. The maximum Gasteiger partial charge on any atom is 0.233 e. The minimum absolute atomic E-state index is 0.0360. The fourth-order valence-electron chi connectivity index (χ4n) is 1.93. The molecule has 130 valence electrons. The van der Waals surface area contributed by atoms with E-state index in [4.69, 9.17) is 11.5 Å². The number of carbonyl (C=O) groups is 1. The predicted octanol–water partition coefficient (Wildman–Crippen LogP) is 2.28. The predicted molar refractivity (Wildman–Crippen MR) is 85.7 cm³/mol. The number of allylic oxidation sites excluding steroid dienone is 1. The summed E-state index contributed by atoms with van der Waals surface area (Å²) in [7, 11) is 0. The number of carbonyl (C=O) groups excluding carboxylic acids is 1. The van der Waals surface area contributed by atoms with E-state index in [0.29, 0.717) is 17.5 Å². The topological polar surface area (TPSA) is 107 Å². The SMILES string of the molecule is C/C(N)=C/C(N)=Nc1cc(C)nc(C(=O)c2cc(F)c(F)cc2F)n1. The van der Waals surface area contributed by atoms with Crippen molar-refractivity contribution < 1.29 is 18.0 Å². The van der Waals surface area contributed by atoms with Crippen LogP contribution in [0.3, 0.4) is 0 Å². The van der Waals surface area contributed by atoms with E-state index in [2.05, 4.69) is 15.0 Å². The number of halogens is 3. The molecule has 0 aliphatic carbocycles. The number of amidine groups is 1. The second kappa shape index (κ2) is 7.12. The van der Waals surface area contributed by atoms with E-state index in [1.54, 1.807) is 13.8 Å². The van der Waals surface area contributed by atoms with Gasteiger partial charge in [-0.25, -0.2) is 28.1 Å². The average molecular weight is 349 g/mol. The Morgan fingerprint density at radius 2 is 1.72 bits per heavy atom. The molecule has 0 amide bonds. The Kier molecular flexibility index (Phi) is 5.16. The summed E-state index contributed by atoms with van der Waals surface area (Å²) in [5.74, 6) is -5.35. The van der Waals surface area contributed by atoms with Crippen molar-refractivity contribution in [3.8, 4) is 0 Å². The second-order valence-corrected chi connectivity index (χ2v) is 5.19. The minimum atomic E-state index is -1.40. The Hall–Kier alpha value is -3.23. The zero-order valence-corrected chi connectivity index (χ0v) is 13.3. The van der Waals surface area contributed by atoms with Crippen LogP contribution < -0.4 is 11.5 Å². The van der Waals surface area contributed by atoms with E-state index in [-0.39, 0.29) is 17.7 Å². The maximum absolute atomic E-state index is 13.8. The van der Waals surface area contributed by atoms with E-state index in [1.165, 1.54) is 12.1 Å². The molecule has 0 aliphatic heterocycles. The lowest BCUT2D eigenvalue weighted by Crippen LogP contribution is -2.13. The highest BCUT2D eigenvalue weighted by Gasteiger charge is 2.20. The zero-order valence-electron chi connectivity index (χ0n) is 13.3. The van der Waals surface area contributed by atoms with Crippen molar-refractivity contribution in [2.24, 2.45) is 16.5 Å². The standard InChI is InChI=1S/C16H14F3N5O/c1-7(20)3-13(21)23-14-4-8(2)22-16(24-14)15(25)9-5-11(18)12(19)6-10(9)17/h3-6H,20H2,1-2H3,(H2,21,22,23,24)/b7-3-. The van der Waals surface area contributed by atoms with Crippen molar-refractivity contribution in [2.45, 2.75) is 13.8 Å². The van der Waals surface area contributed by atoms with Gasteiger partial charge < -0.3 is 11.5 Å². The molecule has 0 radical (unpaired) electrons. The minimum Gasteiger partial charge on any atom is -0.402 e. The highest BCUT2D eigenvalue weighted by Crippen LogP contribution is 2.18. The van der Waals surface area contributed by atoms with Crippen LogP contribution in [-0.4, -0.2) is 21.6 Å². The molecule has 0 atom stereocenters. The molecule has 0 saturated carbocycles. The number of rotatable bonds is 4. The van der Waals surface area contributed by atoms with Crippen LogP contribution >= 0.6 is 0 Å². The Morgan fingerprint density at radius 1 is 1.08 bits per heavy atom. The third-order valence-electron chi connectivity index (χ3n) is 2.92. The Labute approximate surface area is 141 Å². The van der Waals surface area contributed by atoms with Crippen LogP contribution in [0, 0.1) is 24.4 Å². The lowest BCUT2D eigenvalue weighted by Gasteiger charge is -2.05. The van der Waals surface area contributed by atoms with Gasteiger partial charge in [-0.05, 0) is 26.0 Å². The Morgan fingerprint density at radius 3 is 2.36 bits per heavy atom. The van der Waals surface area contributed by atoms with Crippen molar-refractivity contribution in [3.05, 3.63) is 64.5 Å². The summed E-state index contributed by atoms with van der Waals surface area (Å²) in [4.78, 5) is 24.0. The molecule has 4 N–H and O–H groups in total. The van der Waals surface area contributed by atoms with E-state index in [1.807, 2.05) is 0 Å². The molecule has 1 aromatic heterocycles. The fraction of sp³-hybridized carbons (Fsp3) is 0.125. The number of hydrogen-bond acceptors (Lipinski definition) is 5. The zero-order chi connectivity index (χ0) is 18.7. The van der Waals surface area contributed by atoms with Crippen LogP contribution in [0.25, 0.3) is 0 Å². The summed E-state index contributed by atoms with van der Waals surface area (Å²) in [5.41, 5.74) is 11.2. The van der Waals surface area contributed by atoms with Gasteiger partial charge in [0.15, 0.2) is 17.5 Å². The third kappa shape index (κ3) is 4.40. The van der Waals surface area contributed by atoms with Gasteiger partial charge in [0.2, 0.25) is 11.6 Å². The largest absolute Gasteiger partial charge is 0.402 e. The molecule has 1 heterocycles. The average Bonchev–Trinajstić information content (AvgIpc) is 2.48. The van der Waals surface area contributed by atoms with Gasteiger partial charge in [-0.3, -0.25) is 4.79 Å². The molecule has 25 heavy (non-hydrogen) atoms. The number of aliphatic imine (C=N–C) groups is 1. The monoisotopic (exact) mass is 349 g/mol. The maximum atomic E-state index is 13.8. The highest BCUT2D eigenvalue weighted by molar-refractivity contribution is 6.07. The second-order valence-electron chi connectivity index (χ2n) is 5.19. The Bertz CT molecular complexity index is 905. The number of hydrogen-bond donors (Lipinski definition) is 2. The van der Waals surface area contributed by atoms with Crippen molar-refractivity contribution in [3.63, 3.8) is 0 Å². The summed E-state index contributed by atoms with van der Waals surface area (Å²) in [6.07, 6.45) is 1.38. The number of benzene rings is 1. The molecule has 2 rings (SSSR count). The first-order chi connectivity index (χ1) is 11.7. The first kappa shape index (κ1) is 18.1. The van der Waals surface area contributed by atoms with Gasteiger partial charge in [-0.1, -0.05) is 0 Å². The molecule has 0 unspecified atom stereocenters. The highest BCUT2D eigenvalue weighted by atomic mass is 19.2. The number of ketones is 1. The first-order valence-corrected chi connectivity index (χ1v) is 7.00. The fourth-order valence-corrected chi connectivity index (χ4v) is 1.93. The number of nitrogens with two attached hydrogens (primary N) is 2. The van der Waals surface area contributed by atoms with E-state index >= 15 is 0 Å².